The Morgan fingerprint density at radius 2 is 1.05 bits per heavy atom. The zero-order chi connectivity index (χ0) is 35.8. The van der Waals surface area contributed by atoms with Crippen molar-refractivity contribution in [2.45, 2.75) is 74.4 Å². The first-order valence-electron chi connectivity index (χ1n) is 10.3. The number of aliphatic hydroxyl groups excluding tert-OH is 1. The van der Waals surface area contributed by atoms with Crippen LogP contribution in [0, 0.1) is 10.8 Å². The molecule has 0 saturated heterocycles. The first-order valence-corrected chi connectivity index (χ1v) is 10.3. The number of alkyl halides is 18. The summed E-state index contributed by atoms with van der Waals surface area (Å²) in [4.78, 5) is 0. The van der Waals surface area contributed by atoms with Crippen LogP contribution in [0.5, 0.6) is 0 Å². The van der Waals surface area contributed by atoms with Crippen LogP contribution in [0.4, 0.5) is 79.0 Å². The molecule has 2 atom stereocenters. The number of rotatable bonds is 16. The number of aliphatic hydroxyl groups is 1. The highest BCUT2D eigenvalue weighted by molar-refractivity contribution is 5.89. The van der Waals surface area contributed by atoms with Crippen molar-refractivity contribution in [1.29, 1.82) is 10.8 Å². The first kappa shape index (κ1) is 41.3. The van der Waals surface area contributed by atoms with E-state index in [4.69, 9.17) is 10.8 Å². The minimum Gasteiger partial charge on any atom is -0.475 e. The maximum Gasteiger partial charge on any atom is 0.460 e. The maximum absolute atomic E-state index is 14.0. The second-order valence-corrected chi connectivity index (χ2v) is 8.17. The van der Waals surface area contributed by atoms with Crippen LogP contribution in [0.1, 0.15) is 13.8 Å². The molecule has 0 saturated carbocycles. The van der Waals surface area contributed by atoms with Crippen molar-refractivity contribution in [3.8, 4) is 0 Å². The molecule has 0 bridgehead atoms. The van der Waals surface area contributed by atoms with Crippen molar-refractivity contribution in [3.63, 3.8) is 0 Å². The zero-order valence-corrected chi connectivity index (χ0v) is 21.0. The lowest BCUT2D eigenvalue weighted by Crippen LogP contribution is -2.65. The molecule has 0 aromatic heterocycles. The molecular formula is C18H16F18N2O6. The van der Waals surface area contributed by atoms with Gasteiger partial charge >= 0.3 is 54.4 Å². The molecule has 260 valence electrons. The number of nitrogens with one attached hydrogen (secondary N) is 2. The number of hydrogen-bond acceptors (Lipinski definition) is 8. The van der Waals surface area contributed by atoms with E-state index in [0.29, 0.717) is 0 Å². The third kappa shape index (κ3) is 8.92. The highest BCUT2D eigenvalue weighted by Crippen LogP contribution is 2.56. The Labute approximate surface area is 231 Å². The van der Waals surface area contributed by atoms with E-state index in [1.807, 2.05) is 4.74 Å². The van der Waals surface area contributed by atoms with Gasteiger partial charge in [0, 0.05) is 12.5 Å². The monoisotopic (exact) mass is 698 g/mol. The summed E-state index contributed by atoms with van der Waals surface area (Å²) < 4.78 is 252. The van der Waals surface area contributed by atoms with E-state index in [-0.39, 0.29) is 5.57 Å². The maximum atomic E-state index is 14.0. The number of ether oxygens (including phenoxy) is 5. The lowest BCUT2D eigenvalue weighted by Gasteiger charge is -2.39. The standard InChI is InChI=1S/C18H16F18N2O6/c1-6(2)8(37)40-4-7(39)5-41-9(38)11(20,21)43-17(33,34)18(35,36)44-15(29,30)10(3,19)42-16(31,32)13(24,25)12(22,23)14(26,27)28/h7,37-39H,1,4-5H2,2-3H3. The van der Waals surface area contributed by atoms with Gasteiger partial charge in [-0.1, -0.05) is 6.58 Å². The van der Waals surface area contributed by atoms with Crippen molar-refractivity contribution >= 4 is 11.8 Å². The van der Waals surface area contributed by atoms with Crippen LogP contribution < -0.4 is 0 Å². The second-order valence-electron chi connectivity index (χ2n) is 8.17. The third-order valence-electron chi connectivity index (χ3n) is 4.30. The second kappa shape index (κ2) is 12.6. The third-order valence-corrected chi connectivity index (χ3v) is 4.30. The molecular weight excluding hydrogens is 682 g/mol. The first-order chi connectivity index (χ1) is 19.0. The summed E-state index contributed by atoms with van der Waals surface area (Å²) >= 11 is 0. The van der Waals surface area contributed by atoms with Crippen LogP contribution in [-0.2, 0) is 23.7 Å². The van der Waals surface area contributed by atoms with Gasteiger partial charge in [0.15, 0.2) is 0 Å². The summed E-state index contributed by atoms with van der Waals surface area (Å²) in [5.41, 5.74) is -0.0314. The average Bonchev–Trinajstić information content (AvgIpc) is 2.77. The molecule has 0 heterocycles. The van der Waals surface area contributed by atoms with Gasteiger partial charge in [-0.25, -0.2) is 13.9 Å². The molecule has 0 aliphatic heterocycles. The van der Waals surface area contributed by atoms with Gasteiger partial charge in [-0.05, 0) is 6.92 Å². The largest absolute Gasteiger partial charge is 0.475 e. The van der Waals surface area contributed by atoms with Gasteiger partial charge < -0.3 is 14.6 Å². The van der Waals surface area contributed by atoms with Crippen LogP contribution in [-0.4, -0.2) is 90.6 Å². The average molecular weight is 698 g/mol. The molecule has 0 aromatic carbocycles. The topological polar surface area (TPSA) is 114 Å². The van der Waals surface area contributed by atoms with Crippen LogP contribution in [0.25, 0.3) is 0 Å². The Hall–Kier alpha value is -2.74. The van der Waals surface area contributed by atoms with Gasteiger partial charge in [0.05, 0.1) is 0 Å². The fourth-order valence-corrected chi connectivity index (χ4v) is 1.92. The molecule has 26 heteroatoms. The minimum absolute atomic E-state index is 0.0314. The summed E-state index contributed by atoms with van der Waals surface area (Å²) in [6.07, 6.45) is -45.3. The van der Waals surface area contributed by atoms with Gasteiger partial charge in [0.25, 0.3) is 5.90 Å². The molecule has 44 heavy (non-hydrogen) atoms. The molecule has 0 fully saturated rings. The highest BCUT2D eigenvalue weighted by Gasteiger charge is 2.84. The predicted octanol–water partition coefficient (Wildman–Crippen LogP) is 6.44. The summed E-state index contributed by atoms with van der Waals surface area (Å²) in [6.45, 7) is 0.559. The summed E-state index contributed by atoms with van der Waals surface area (Å²) in [5.74, 6) is -25.9. The van der Waals surface area contributed by atoms with Crippen molar-refractivity contribution in [1.82, 2.24) is 0 Å². The predicted molar refractivity (Wildman–Crippen MR) is 102 cm³/mol. The lowest BCUT2D eigenvalue weighted by atomic mass is 10.1. The molecule has 8 nitrogen and oxygen atoms in total. The van der Waals surface area contributed by atoms with Crippen LogP contribution in [0.2, 0.25) is 0 Å². The summed E-state index contributed by atoms with van der Waals surface area (Å²) in [7, 11) is 0. The van der Waals surface area contributed by atoms with Gasteiger partial charge in [0.1, 0.15) is 19.3 Å². The fraction of sp³-hybridized carbons (Fsp3) is 0.778. The number of halogens is 18. The molecule has 2 unspecified atom stereocenters. The Bertz CT molecular complexity index is 1060. The Balaban J connectivity index is 5.83. The minimum atomic E-state index is -7.99. The van der Waals surface area contributed by atoms with E-state index in [1.54, 1.807) is 4.74 Å². The van der Waals surface area contributed by atoms with E-state index in [9.17, 15) is 84.1 Å². The van der Waals surface area contributed by atoms with E-state index in [1.165, 1.54) is 6.92 Å². The number of hydrogen-bond donors (Lipinski definition) is 3. The summed E-state index contributed by atoms with van der Waals surface area (Å²) in [5, 5.41) is 23.3. The van der Waals surface area contributed by atoms with Crippen molar-refractivity contribution in [2.24, 2.45) is 0 Å². The van der Waals surface area contributed by atoms with E-state index in [2.05, 4.69) is 20.8 Å². The Morgan fingerprint density at radius 1 is 0.636 bits per heavy atom. The van der Waals surface area contributed by atoms with Gasteiger partial charge in [0.2, 0.25) is 5.90 Å². The van der Waals surface area contributed by atoms with E-state index >= 15 is 0 Å². The zero-order valence-electron chi connectivity index (χ0n) is 21.0. The molecule has 0 radical (unpaired) electrons. The van der Waals surface area contributed by atoms with Crippen LogP contribution in [0.3, 0.4) is 0 Å². The van der Waals surface area contributed by atoms with Gasteiger partial charge in [-0.3, -0.25) is 15.6 Å². The SMILES string of the molecule is C=C(C)C(=N)OCC(O)COC(=N)C(F)(F)OC(F)(F)C(F)(F)OC(F)(F)C(C)(F)OC(F)(F)C(F)(F)C(F)(F)C(F)(F)F. The van der Waals surface area contributed by atoms with E-state index in [0.717, 1.165) is 0 Å². The molecule has 0 aliphatic rings. The van der Waals surface area contributed by atoms with Crippen molar-refractivity contribution in [3.05, 3.63) is 12.2 Å². The highest BCUT2D eigenvalue weighted by atomic mass is 19.4. The van der Waals surface area contributed by atoms with Crippen LogP contribution in [0.15, 0.2) is 12.2 Å². The fourth-order valence-electron chi connectivity index (χ4n) is 1.92. The molecule has 0 aliphatic carbocycles. The molecule has 0 rings (SSSR count). The van der Waals surface area contributed by atoms with Gasteiger partial charge in [-0.15, -0.1) is 0 Å². The molecule has 0 amide bonds. The van der Waals surface area contributed by atoms with Crippen molar-refractivity contribution in [2.75, 3.05) is 13.2 Å². The smallest absolute Gasteiger partial charge is 0.460 e. The Morgan fingerprint density at radius 3 is 1.45 bits per heavy atom. The van der Waals surface area contributed by atoms with Gasteiger partial charge in [-0.2, -0.15) is 74.6 Å². The summed E-state index contributed by atoms with van der Waals surface area (Å²) in [6, 6.07) is 0. The Kier molecular flexibility index (Phi) is 11.8. The van der Waals surface area contributed by atoms with Crippen molar-refractivity contribution < 1.29 is 108 Å². The normalized spacial score (nSPS) is 16.7. The van der Waals surface area contributed by atoms with E-state index < -0.39 is 92.5 Å². The molecule has 3 N–H and O–H groups in total. The molecule has 0 aromatic rings. The molecule has 0 spiro atoms. The van der Waals surface area contributed by atoms with Crippen LogP contribution >= 0.6 is 0 Å². The lowest BCUT2D eigenvalue weighted by molar-refractivity contribution is -0.546. The quantitative estimate of drug-likeness (QED) is 0.0972.